The van der Waals surface area contributed by atoms with Crippen molar-refractivity contribution in [2.24, 2.45) is 0 Å². The first kappa shape index (κ1) is 15.5. The number of sulfonamides is 1. The van der Waals surface area contributed by atoms with Gasteiger partial charge in [0.25, 0.3) is 0 Å². The summed E-state index contributed by atoms with van der Waals surface area (Å²) in [6.45, 7) is 3.59. The molecular weight excluding hydrogens is 248 g/mol. The zero-order valence-electron chi connectivity index (χ0n) is 11.2. The van der Waals surface area contributed by atoms with E-state index in [0.29, 0.717) is 19.0 Å². The molecule has 104 valence electrons. The number of nitrogens with one attached hydrogen (secondary N) is 1. The van der Waals surface area contributed by atoms with Crippen LogP contribution in [0.5, 0.6) is 0 Å². The Balaban J connectivity index is 2.24. The lowest BCUT2D eigenvalue weighted by atomic mass is 10.3. The molecule has 5 heteroatoms. The average Bonchev–Trinajstić information content (AvgIpc) is 3.12. The fraction of sp³-hybridized carbons (Fsp3) is 0.846. The van der Waals surface area contributed by atoms with Crippen LogP contribution in [0, 0.1) is 12.3 Å². The van der Waals surface area contributed by atoms with E-state index >= 15 is 0 Å². The van der Waals surface area contributed by atoms with Gasteiger partial charge in [0.2, 0.25) is 10.0 Å². The Hall–Kier alpha value is -0.570. The molecular formula is C13H24N2O2S. The zero-order valence-corrected chi connectivity index (χ0v) is 12.0. The van der Waals surface area contributed by atoms with Crippen LogP contribution >= 0.6 is 0 Å². The molecule has 1 aliphatic rings. The minimum atomic E-state index is -3.17. The second kappa shape index (κ2) is 7.78. The molecule has 0 bridgehead atoms. The highest BCUT2D eigenvalue weighted by molar-refractivity contribution is 7.89. The smallest absolute Gasteiger partial charge is 0.214 e. The second-order valence-corrected chi connectivity index (χ2v) is 6.88. The van der Waals surface area contributed by atoms with Gasteiger partial charge in [-0.15, -0.1) is 6.42 Å². The third kappa shape index (κ3) is 5.85. The summed E-state index contributed by atoms with van der Waals surface area (Å²) in [6, 6.07) is 0.694. The van der Waals surface area contributed by atoms with Crippen LogP contribution in [0.15, 0.2) is 0 Å². The normalized spacial score (nSPS) is 15.8. The van der Waals surface area contributed by atoms with E-state index in [0.717, 1.165) is 19.4 Å². The van der Waals surface area contributed by atoms with E-state index < -0.39 is 10.0 Å². The lowest BCUT2D eigenvalue weighted by molar-refractivity contribution is 0.443. The monoisotopic (exact) mass is 272 g/mol. The molecule has 1 rings (SSSR count). The highest BCUT2D eigenvalue weighted by Crippen LogP contribution is 2.18. The van der Waals surface area contributed by atoms with Crippen LogP contribution in [-0.4, -0.2) is 44.2 Å². The molecule has 0 aromatic rings. The Morgan fingerprint density at radius 1 is 1.39 bits per heavy atom. The van der Waals surface area contributed by atoms with E-state index in [9.17, 15) is 8.42 Å². The summed E-state index contributed by atoms with van der Waals surface area (Å²) in [6.07, 6.45) is 10.1. The maximum atomic E-state index is 12.0. The molecule has 0 aromatic carbocycles. The summed E-state index contributed by atoms with van der Waals surface area (Å²) < 4.78 is 25.5. The Labute approximate surface area is 111 Å². The highest BCUT2D eigenvalue weighted by Gasteiger charge is 2.21. The molecule has 0 aromatic heterocycles. The Kier molecular flexibility index (Phi) is 6.69. The standard InChI is InChI=1S/C13H24N2O2S/c1-3-10-15(11-4-2)18(16,17)12-6-5-9-14-13-7-8-13/h1,13-14H,4-12H2,2H3. The molecule has 0 atom stereocenters. The summed E-state index contributed by atoms with van der Waals surface area (Å²) in [4.78, 5) is 0. The Morgan fingerprint density at radius 3 is 2.67 bits per heavy atom. The van der Waals surface area contributed by atoms with Crippen LogP contribution in [0.25, 0.3) is 0 Å². The van der Waals surface area contributed by atoms with Gasteiger partial charge in [0.05, 0.1) is 12.3 Å². The maximum absolute atomic E-state index is 12.0. The van der Waals surface area contributed by atoms with Crippen LogP contribution in [0.1, 0.15) is 39.0 Å². The minimum Gasteiger partial charge on any atom is -0.314 e. The van der Waals surface area contributed by atoms with E-state index in [1.54, 1.807) is 0 Å². The molecule has 0 unspecified atom stereocenters. The Bertz CT molecular complexity index is 369. The number of terminal acetylenes is 1. The third-order valence-corrected chi connectivity index (χ3v) is 4.88. The van der Waals surface area contributed by atoms with Crippen molar-refractivity contribution in [3.8, 4) is 12.3 Å². The quantitative estimate of drug-likeness (QED) is 0.480. The van der Waals surface area contributed by atoms with Crippen molar-refractivity contribution >= 4 is 10.0 Å². The first-order valence-corrected chi connectivity index (χ1v) is 8.35. The molecule has 1 N–H and O–H groups in total. The SMILES string of the molecule is C#CCN(CCC)S(=O)(=O)CCCCNC1CC1. The van der Waals surface area contributed by atoms with Crippen LogP contribution < -0.4 is 5.32 Å². The van der Waals surface area contributed by atoms with Crippen molar-refractivity contribution < 1.29 is 8.42 Å². The van der Waals surface area contributed by atoms with E-state index in [1.165, 1.54) is 17.1 Å². The number of nitrogens with zero attached hydrogens (tertiary/aromatic N) is 1. The first-order valence-electron chi connectivity index (χ1n) is 6.75. The van der Waals surface area contributed by atoms with Crippen molar-refractivity contribution in [1.29, 1.82) is 0 Å². The molecule has 0 spiro atoms. The second-order valence-electron chi connectivity index (χ2n) is 4.79. The molecule has 18 heavy (non-hydrogen) atoms. The molecule has 1 fully saturated rings. The highest BCUT2D eigenvalue weighted by atomic mass is 32.2. The maximum Gasteiger partial charge on any atom is 0.214 e. The minimum absolute atomic E-state index is 0.191. The fourth-order valence-electron chi connectivity index (χ4n) is 1.80. The summed E-state index contributed by atoms with van der Waals surface area (Å²) in [5, 5.41) is 3.38. The molecule has 0 radical (unpaired) electrons. The van der Waals surface area contributed by atoms with Crippen LogP contribution in [0.3, 0.4) is 0 Å². The van der Waals surface area contributed by atoms with Crippen molar-refractivity contribution in [2.45, 2.75) is 45.1 Å². The van der Waals surface area contributed by atoms with Crippen LogP contribution in [0.2, 0.25) is 0 Å². The molecule has 0 amide bonds. The van der Waals surface area contributed by atoms with Gasteiger partial charge in [-0.3, -0.25) is 0 Å². The van der Waals surface area contributed by atoms with Gasteiger partial charge in [-0.2, -0.15) is 4.31 Å². The number of unbranched alkanes of at least 4 members (excludes halogenated alkanes) is 1. The summed E-state index contributed by atoms with van der Waals surface area (Å²) >= 11 is 0. The molecule has 1 saturated carbocycles. The first-order chi connectivity index (χ1) is 8.60. The van der Waals surface area contributed by atoms with E-state index in [4.69, 9.17) is 6.42 Å². The third-order valence-electron chi connectivity index (χ3n) is 2.97. The van der Waals surface area contributed by atoms with E-state index in [1.807, 2.05) is 6.92 Å². The number of hydrogen-bond acceptors (Lipinski definition) is 3. The van der Waals surface area contributed by atoms with Gasteiger partial charge in [0.1, 0.15) is 0 Å². The summed E-state index contributed by atoms with van der Waals surface area (Å²) in [7, 11) is -3.17. The molecule has 0 heterocycles. The Morgan fingerprint density at radius 2 is 2.11 bits per heavy atom. The summed E-state index contributed by atoms with van der Waals surface area (Å²) in [5.41, 5.74) is 0. The van der Waals surface area contributed by atoms with Gasteiger partial charge in [-0.25, -0.2) is 8.42 Å². The molecule has 0 saturated heterocycles. The molecule has 0 aliphatic heterocycles. The average molecular weight is 272 g/mol. The predicted octanol–water partition coefficient (Wildman–Crippen LogP) is 1.19. The van der Waals surface area contributed by atoms with Gasteiger partial charge >= 0.3 is 0 Å². The largest absolute Gasteiger partial charge is 0.314 e. The lowest BCUT2D eigenvalue weighted by Crippen LogP contribution is -2.34. The zero-order chi connectivity index (χ0) is 13.4. The van der Waals surface area contributed by atoms with Gasteiger partial charge in [-0.05, 0) is 38.6 Å². The summed E-state index contributed by atoms with van der Waals surface area (Å²) in [5.74, 6) is 2.63. The lowest BCUT2D eigenvalue weighted by Gasteiger charge is -2.18. The van der Waals surface area contributed by atoms with Crippen molar-refractivity contribution in [1.82, 2.24) is 9.62 Å². The van der Waals surface area contributed by atoms with Crippen molar-refractivity contribution in [3.63, 3.8) is 0 Å². The molecule has 4 nitrogen and oxygen atoms in total. The van der Waals surface area contributed by atoms with Crippen LogP contribution in [0.4, 0.5) is 0 Å². The molecule has 1 aliphatic carbocycles. The van der Waals surface area contributed by atoms with Crippen molar-refractivity contribution in [3.05, 3.63) is 0 Å². The number of rotatable bonds is 10. The number of hydrogen-bond donors (Lipinski definition) is 1. The van der Waals surface area contributed by atoms with Gasteiger partial charge < -0.3 is 5.32 Å². The fourth-order valence-corrected chi connectivity index (χ4v) is 3.36. The predicted molar refractivity (Wildman–Crippen MR) is 74.7 cm³/mol. The van der Waals surface area contributed by atoms with Gasteiger partial charge in [-0.1, -0.05) is 12.8 Å². The van der Waals surface area contributed by atoms with Gasteiger partial charge in [0.15, 0.2) is 0 Å². The van der Waals surface area contributed by atoms with E-state index in [-0.39, 0.29) is 12.3 Å². The topological polar surface area (TPSA) is 49.4 Å². The van der Waals surface area contributed by atoms with Crippen LogP contribution in [-0.2, 0) is 10.0 Å². The van der Waals surface area contributed by atoms with Crippen molar-refractivity contribution in [2.75, 3.05) is 25.4 Å². The van der Waals surface area contributed by atoms with E-state index in [2.05, 4.69) is 11.2 Å². The van der Waals surface area contributed by atoms with Gasteiger partial charge in [0, 0.05) is 12.6 Å².